The van der Waals surface area contributed by atoms with E-state index in [0.717, 1.165) is 17.3 Å². The first-order chi connectivity index (χ1) is 7.68. The van der Waals surface area contributed by atoms with Gasteiger partial charge in [-0.15, -0.1) is 11.8 Å². The second-order valence-electron chi connectivity index (χ2n) is 3.95. The summed E-state index contributed by atoms with van der Waals surface area (Å²) < 4.78 is 5.20. The Morgan fingerprint density at radius 1 is 1.44 bits per heavy atom. The van der Waals surface area contributed by atoms with Crippen LogP contribution in [0, 0.1) is 0 Å². The molecule has 2 heterocycles. The first-order valence-electron chi connectivity index (χ1n) is 5.39. The highest BCUT2D eigenvalue weighted by Crippen LogP contribution is 2.35. The number of aromatic nitrogens is 2. The Hall–Kier alpha value is -0.200. The molecule has 0 aromatic carbocycles. The molecule has 6 heteroatoms. The van der Waals surface area contributed by atoms with E-state index in [9.17, 15) is 5.11 Å². The Balaban J connectivity index is 2.06. The number of thioether (sulfide) groups is 2. The zero-order chi connectivity index (χ0) is 11.5. The maximum Gasteiger partial charge on any atom is 0.232 e. The first-order valence-corrected chi connectivity index (χ1v) is 7.59. The molecule has 3 unspecified atom stereocenters. The summed E-state index contributed by atoms with van der Waals surface area (Å²) in [6, 6.07) is 0. The van der Waals surface area contributed by atoms with Gasteiger partial charge in [0.1, 0.15) is 0 Å². The molecular weight excluding hydrogens is 244 g/mol. The number of hydrogen-bond acceptors (Lipinski definition) is 6. The predicted molar refractivity (Wildman–Crippen MR) is 66.9 cm³/mol. The average Bonchev–Trinajstić information content (AvgIpc) is 2.78. The minimum Gasteiger partial charge on any atom is -0.393 e. The average molecular weight is 260 g/mol. The van der Waals surface area contributed by atoms with Gasteiger partial charge in [0, 0.05) is 17.3 Å². The topological polar surface area (TPSA) is 59.2 Å². The number of rotatable bonds is 3. The van der Waals surface area contributed by atoms with Crippen molar-refractivity contribution in [1.29, 1.82) is 0 Å². The molecule has 0 radical (unpaired) electrons. The van der Waals surface area contributed by atoms with Gasteiger partial charge in [-0.05, 0) is 6.92 Å². The van der Waals surface area contributed by atoms with Crippen molar-refractivity contribution < 1.29 is 9.63 Å². The smallest absolute Gasteiger partial charge is 0.232 e. The van der Waals surface area contributed by atoms with Crippen LogP contribution in [-0.4, -0.2) is 38.6 Å². The molecule has 0 amide bonds. The van der Waals surface area contributed by atoms with Gasteiger partial charge < -0.3 is 9.63 Å². The Morgan fingerprint density at radius 2 is 2.25 bits per heavy atom. The van der Waals surface area contributed by atoms with E-state index < -0.39 is 6.10 Å². The maximum absolute atomic E-state index is 9.46. The van der Waals surface area contributed by atoms with Gasteiger partial charge in [0.25, 0.3) is 0 Å². The van der Waals surface area contributed by atoms with Crippen molar-refractivity contribution >= 4 is 23.5 Å². The highest BCUT2D eigenvalue weighted by Gasteiger charge is 2.24. The molecule has 0 spiro atoms. The van der Waals surface area contributed by atoms with E-state index in [1.807, 2.05) is 30.4 Å². The van der Waals surface area contributed by atoms with Crippen LogP contribution in [-0.2, 0) is 0 Å². The first kappa shape index (κ1) is 12.3. The van der Waals surface area contributed by atoms with Gasteiger partial charge in [0.05, 0.1) is 17.3 Å². The summed E-state index contributed by atoms with van der Waals surface area (Å²) in [5, 5.41) is 13.8. The van der Waals surface area contributed by atoms with Crippen molar-refractivity contribution in [2.24, 2.45) is 0 Å². The third-order valence-electron chi connectivity index (χ3n) is 2.67. The Labute approximate surface area is 104 Å². The summed E-state index contributed by atoms with van der Waals surface area (Å²) in [5.41, 5.74) is 0. The van der Waals surface area contributed by atoms with Crippen LogP contribution in [0.15, 0.2) is 4.52 Å². The fraction of sp³-hybridized carbons (Fsp3) is 0.800. The van der Waals surface area contributed by atoms with E-state index in [-0.39, 0.29) is 5.92 Å². The highest BCUT2D eigenvalue weighted by molar-refractivity contribution is 8.06. The molecule has 1 aromatic heterocycles. The zero-order valence-electron chi connectivity index (χ0n) is 9.42. The lowest BCUT2D eigenvalue weighted by Crippen LogP contribution is -2.12. The van der Waals surface area contributed by atoms with Crippen LogP contribution >= 0.6 is 23.5 Å². The summed E-state index contributed by atoms with van der Waals surface area (Å²) >= 11 is 3.81. The fourth-order valence-corrected chi connectivity index (χ4v) is 4.00. The van der Waals surface area contributed by atoms with Crippen molar-refractivity contribution in [3.63, 3.8) is 0 Å². The predicted octanol–water partition coefficient (Wildman–Crippen LogP) is 2.08. The van der Waals surface area contributed by atoms with Crippen LogP contribution in [0.25, 0.3) is 0 Å². The van der Waals surface area contributed by atoms with Crippen molar-refractivity contribution in [2.45, 2.75) is 31.1 Å². The summed E-state index contributed by atoms with van der Waals surface area (Å²) in [6.45, 7) is 3.63. The molecule has 1 fully saturated rings. The van der Waals surface area contributed by atoms with Crippen LogP contribution in [0.1, 0.15) is 36.7 Å². The SMILES string of the molecule is CC(O)C(C)c1nc(C2CSCCS2)no1. The quantitative estimate of drug-likeness (QED) is 0.898. The van der Waals surface area contributed by atoms with E-state index in [0.29, 0.717) is 11.1 Å². The van der Waals surface area contributed by atoms with E-state index in [1.54, 1.807) is 6.92 Å². The molecule has 1 saturated heterocycles. The molecule has 90 valence electrons. The third kappa shape index (κ3) is 2.73. The Bertz CT molecular complexity index is 337. The van der Waals surface area contributed by atoms with Gasteiger partial charge in [-0.3, -0.25) is 0 Å². The van der Waals surface area contributed by atoms with Crippen LogP contribution in [0.3, 0.4) is 0 Å². The molecule has 1 aliphatic rings. The molecule has 16 heavy (non-hydrogen) atoms. The van der Waals surface area contributed by atoms with Crippen LogP contribution in [0.2, 0.25) is 0 Å². The molecule has 2 rings (SSSR count). The second kappa shape index (κ2) is 5.42. The lowest BCUT2D eigenvalue weighted by molar-refractivity contribution is 0.151. The molecule has 0 saturated carbocycles. The normalized spacial score (nSPS) is 25.3. The summed E-state index contributed by atoms with van der Waals surface area (Å²) in [4.78, 5) is 4.38. The van der Waals surface area contributed by atoms with Gasteiger partial charge in [-0.25, -0.2) is 0 Å². The summed E-state index contributed by atoms with van der Waals surface area (Å²) in [7, 11) is 0. The fourth-order valence-electron chi connectivity index (χ4n) is 1.41. The molecule has 1 aliphatic heterocycles. The number of nitrogens with zero attached hydrogens (tertiary/aromatic N) is 2. The minimum atomic E-state index is -0.457. The van der Waals surface area contributed by atoms with Crippen molar-refractivity contribution in [2.75, 3.05) is 17.3 Å². The van der Waals surface area contributed by atoms with Gasteiger partial charge >= 0.3 is 0 Å². The lowest BCUT2D eigenvalue weighted by Gasteiger charge is -2.17. The molecule has 3 atom stereocenters. The molecule has 0 bridgehead atoms. The third-order valence-corrected chi connectivity index (χ3v) is 5.43. The number of aliphatic hydroxyl groups is 1. The molecule has 1 aromatic rings. The van der Waals surface area contributed by atoms with E-state index >= 15 is 0 Å². The van der Waals surface area contributed by atoms with Crippen molar-refractivity contribution in [3.8, 4) is 0 Å². The standard InChI is InChI=1S/C10H16N2O2S2/c1-6(7(2)13)10-11-9(12-14-10)8-5-15-3-4-16-8/h6-8,13H,3-5H2,1-2H3. The van der Waals surface area contributed by atoms with E-state index in [2.05, 4.69) is 10.1 Å². The van der Waals surface area contributed by atoms with Crippen LogP contribution in [0.4, 0.5) is 0 Å². The second-order valence-corrected chi connectivity index (χ2v) is 6.41. The number of aliphatic hydroxyl groups excluding tert-OH is 1. The van der Waals surface area contributed by atoms with E-state index in [4.69, 9.17) is 4.52 Å². The monoisotopic (exact) mass is 260 g/mol. The zero-order valence-corrected chi connectivity index (χ0v) is 11.1. The lowest BCUT2D eigenvalue weighted by atomic mass is 10.1. The summed E-state index contributed by atoms with van der Waals surface area (Å²) in [5.74, 6) is 4.62. The van der Waals surface area contributed by atoms with Crippen LogP contribution < -0.4 is 0 Å². The van der Waals surface area contributed by atoms with Gasteiger partial charge in [0.15, 0.2) is 5.82 Å². The van der Waals surface area contributed by atoms with Crippen molar-refractivity contribution in [1.82, 2.24) is 10.1 Å². The maximum atomic E-state index is 9.46. The molecule has 0 aliphatic carbocycles. The van der Waals surface area contributed by atoms with Gasteiger partial charge in [0.2, 0.25) is 5.89 Å². The largest absolute Gasteiger partial charge is 0.393 e. The van der Waals surface area contributed by atoms with Crippen molar-refractivity contribution in [3.05, 3.63) is 11.7 Å². The molecule has 4 nitrogen and oxygen atoms in total. The Morgan fingerprint density at radius 3 is 2.88 bits per heavy atom. The van der Waals surface area contributed by atoms with E-state index in [1.165, 1.54) is 5.75 Å². The van der Waals surface area contributed by atoms with Gasteiger partial charge in [-0.1, -0.05) is 12.1 Å². The molecule has 1 N–H and O–H groups in total. The van der Waals surface area contributed by atoms with Gasteiger partial charge in [-0.2, -0.15) is 16.7 Å². The molecular formula is C10H16N2O2S2. The number of hydrogen-bond donors (Lipinski definition) is 1. The minimum absolute atomic E-state index is 0.0949. The summed E-state index contributed by atoms with van der Waals surface area (Å²) in [6.07, 6.45) is -0.457. The Kier molecular flexibility index (Phi) is 4.16. The van der Waals surface area contributed by atoms with Crippen LogP contribution in [0.5, 0.6) is 0 Å². The highest BCUT2D eigenvalue weighted by atomic mass is 32.2.